The minimum absolute atomic E-state index is 0.520. The van der Waals surface area contributed by atoms with E-state index in [2.05, 4.69) is 45.5 Å². The Balaban J connectivity index is 1.26. The third-order valence-electron chi connectivity index (χ3n) is 5.04. The Hall–Kier alpha value is -3.16. The standard InChI is InChI=1S/C27H22Cl2N4S2/c28-20-5-13-24(14-6-20)32-26(34)30-22-9-1-18(2-10-22)17-19-3-11-23(12-4-19)31-27(35)33-25-15-7-21(29)8-16-25/h1-16H,17H2,(H2,30,32,34)(H2,31,33,35). The zero-order chi connectivity index (χ0) is 24.6. The van der Waals surface area contributed by atoms with Gasteiger partial charge < -0.3 is 21.3 Å². The van der Waals surface area contributed by atoms with Gasteiger partial charge in [0.1, 0.15) is 0 Å². The van der Waals surface area contributed by atoms with Crippen molar-refractivity contribution in [2.24, 2.45) is 0 Å². The van der Waals surface area contributed by atoms with Gasteiger partial charge in [-0.05, 0) is 115 Å². The number of benzene rings is 4. The summed E-state index contributed by atoms with van der Waals surface area (Å²) in [6.07, 6.45) is 0.821. The van der Waals surface area contributed by atoms with Crippen molar-refractivity contribution in [1.82, 2.24) is 0 Å². The summed E-state index contributed by atoms with van der Waals surface area (Å²) in [5.74, 6) is 0. The molecule has 8 heteroatoms. The van der Waals surface area contributed by atoms with Gasteiger partial charge in [0.2, 0.25) is 0 Å². The van der Waals surface area contributed by atoms with Gasteiger partial charge in [0, 0.05) is 32.8 Å². The van der Waals surface area contributed by atoms with E-state index in [0.717, 1.165) is 29.2 Å². The molecule has 0 heterocycles. The van der Waals surface area contributed by atoms with Gasteiger partial charge in [0.15, 0.2) is 10.2 Å². The second-order valence-corrected chi connectivity index (χ2v) is 9.43. The highest BCUT2D eigenvalue weighted by Gasteiger charge is 2.03. The minimum Gasteiger partial charge on any atom is -0.332 e. The second-order valence-electron chi connectivity index (χ2n) is 7.74. The van der Waals surface area contributed by atoms with E-state index in [4.69, 9.17) is 47.6 Å². The van der Waals surface area contributed by atoms with Gasteiger partial charge in [-0.1, -0.05) is 47.5 Å². The van der Waals surface area contributed by atoms with Crippen LogP contribution in [0.25, 0.3) is 0 Å². The maximum atomic E-state index is 5.92. The fraction of sp³-hybridized carbons (Fsp3) is 0.0370. The van der Waals surface area contributed by atoms with Gasteiger partial charge in [-0.15, -0.1) is 0 Å². The summed E-state index contributed by atoms with van der Waals surface area (Å²) in [6.45, 7) is 0. The highest BCUT2D eigenvalue weighted by molar-refractivity contribution is 7.81. The van der Waals surface area contributed by atoms with E-state index in [1.807, 2.05) is 72.8 Å². The molecule has 0 bridgehead atoms. The number of nitrogens with one attached hydrogen (secondary N) is 4. The molecule has 176 valence electrons. The first-order chi connectivity index (χ1) is 16.9. The van der Waals surface area contributed by atoms with E-state index in [0.29, 0.717) is 20.3 Å². The number of thiocarbonyl (C=S) groups is 2. The number of rotatable bonds is 6. The number of hydrogen-bond acceptors (Lipinski definition) is 2. The molecular weight excluding hydrogens is 515 g/mol. The van der Waals surface area contributed by atoms with Crippen molar-refractivity contribution in [2.75, 3.05) is 21.3 Å². The zero-order valence-electron chi connectivity index (χ0n) is 18.5. The summed E-state index contributed by atoms with van der Waals surface area (Å²) in [5.41, 5.74) is 5.99. The molecule has 0 aliphatic heterocycles. The molecule has 0 saturated carbocycles. The smallest absolute Gasteiger partial charge is 0.175 e. The predicted octanol–water partition coefficient (Wildman–Crippen LogP) is 8.20. The lowest BCUT2D eigenvalue weighted by atomic mass is 10.0. The van der Waals surface area contributed by atoms with Gasteiger partial charge in [-0.3, -0.25) is 0 Å². The second kappa shape index (κ2) is 12.0. The van der Waals surface area contributed by atoms with Crippen LogP contribution in [-0.4, -0.2) is 10.2 Å². The minimum atomic E-state index is 0.520. The summed E-state index contributed by atoms with van der Waals surface area (Å²) < 4.78 is 0. The van der Waals surface area contributed by atoms with Crippen molar-refractivity contribution in [3.05, 3.63) is 118 Å². The average molecular weight is 538 g/mol. The third-order valence-corrected chi connectivity index (χ3v) is 5.95. The Morgan fingerprint density at radius 3 is 1.00 bits per heavy atom. The molecule has 0 aliphatic rings. The first-order valence-corrected chi connectivity index (χ1v) is 12.4. The molecule has 0 saturated heterocycles. The Bertz CT molecular complexity index is 1190. The number of hydrogen-bond donors (Lipinski definition) is 4. The Morgan fingerprint density at radius 1 is 0.457 bits per heavy atom. The molecule has 0 aromatic heterocycles. The van der Waals surface area contributed by atoms with Crippen molar-refractivity contribution in [3.8, 4) is 0 Å². The molecule has 4 nitrogen and oxygen atoms in total. The summed E-state index contributed by atoms with van der Waals surface area (Å²) >= 11 is 22.6. The van der Waals surface area contributed by atoms with Gasteiger partial charge >= 0.3 is 0 Å². The first kappa shape index (κ1) is 24.9. The van der Waals surface area contributed by atoms with Crippen molar-refractivity contribution >= 4 is 80.6 Å². The van der Waals surface area contributed by atoms with Crippen LogP contribution in [0.1, 0.15) is 11.1 Å². The normalized spacial score (nSPS) is 10.3. The molecule has 4 aromatic rings. The van der Waals surface area contributed by atoms with Crippen molar-refractivity contribution < 1.29 is 0 Å². The fourth-order valence-corrected chi connectivity index (χ4v) is 4.02. The Labute approximate surface area is 225 Å². The molecule has 4 rings (SSSR count). The maximum absolute atomic E-state index is 5.92. The van der Waals surface area contributed by atoms with Crippen molar-refractivity contribution in [1.29, 1.82) is 0 Å². The van der Waals surface area contributed by atoms with Crippen LogP contribution in [0, 0.1) is 0 Å². The number of anilines is 4. The average Bonchev–Trinajstić information content (AvgIpc) is 2.84. The van der Waals surface area contributed by atoms with Crippen LogP contribution < -0.4 is 21.3 Å². The lowest BCUT2D eigenvalue weighted by Gasteiger charge is -2.12. The molecule has 0 spiro atoms. The van der Waals surface area contributed by atoms with Gasteiger partial charge in [-0.25, -0.2) is 0 Å². The summed E-state index contributed by atoms with van der Waals surface area (Å²) in [5, 5.41) is 15.1. The predicted molar refractivity (Wildman–Crippen MR) is 158 cm³/mol. The summed E-state index contributed by atoms with van der Waals surface area (Å²) in [6, 6.07) is 31.2. The van der Waals surface area contributed by atoms with Crippen LogP contribution in [0.3, 0.4) is 0 Å². The van der Waals surface area contributed by atoms with Crippen LogP contribution >= 0.6 is 47.6 Å². The zero-order valence-corrected chi connectivity index (χ0v) is 21.7. The SMILES string of the molecule is S=C(Nc1ccc(Cl)cc1)Nc1ccc(Cc2ccc(NC(=S)Nc3ccc(Cl)cc3)cc2)cc1. The maximum Gasteiger partial charge on any atom is 0.175 e. The van der Waals surface area contributed by atoms with Crippen LogP contribution in [0.2, 0.25) is 10.0 Å². The van der Waals surface area contributed by atoms with Gasteiger partial charge in [0.25, 0.3) is 0 Å². The van der Waals surface area contributed by atoms with E-state index >= 15 is 0 Å². The molecule has 35 heavy (non-hydrogen) atoms. The Morgan fingerprint density at radius 2 is 0.714 bits per heavy atom. The molecule has 0 atom stereocenters. The van der Waals surface area contributed by atoms with Gasteiger partial charge in [-0.2, -0.15) is 0 Å². The fourth-order valence-electron chi connectivity index (χ4n) is 3.30. The topological polar surface area (TPSA) is 48.1 Å². The highest BCUT2D eigenvalue weighted by Crippen LogP contribution is 2.18. The first-order valence-electron chi connectivity index (χ1n) is 10.8. The van der Waals surface area contributed by atoms with E-state index in [-0.39, 0.29) is 0 Å². The molecule has 4 N–H and O–H groups in total. The van der Waals surface area contributed by atoms with Crippen LogP contribution in [0.5, 0.6) is 0 Å². The molecule has 4 aromatic carbocycles. The lowest BCUT2D eigenvalue weighted by molar-refractivity contribution is 1.19. The third kappa shape index (κ3) is 7.94. The van der Waals surface area contributed by atoms with Crippen molar-refractivity contribution in [3.63, 3.8) is 0 Å². The Kier molecular flexibility index (Phi) is 8.55. The molecule has 0 fully saturated rings. The van der Waals surface area contributed by atoms with Crippen molar-refractivity contribution in [2.45, 2.75) is 6.42 Å². The molecule has 0 aliphatic carbocycles. The van der Waals surface area contributed by atoms with Crippen LogP contribution in [0.4, 0.5) is 22.7 Å². The largest absolute Gasteiger partial charge is 0.332 e. The molecular formula is C27H22Cl2N4S2. The highest BCUT2D eigenvalue weighted by atomic mass is 35.5. The summed E-state index contributed by atoms with van der Waals surface area (Å²) in [4.78, 5) is 0. The van der Waals surface area contributed by atoms with E-state index in [1.165, 1.54) is 11.1 Å². The van der Waals surface area contributed by atoms with Crippen LogP contribution in [-0.2, 0) is 6.42 Å². The molecule has 0 radical (unpaired) electrons. The molecule has 0 amide bonds. The van der Waals surface area contributed by atoms with E-state index < -0.39 is 0 Å². The molecule has 0 unspecified atom stereocenters. The number of halogens is 2. The van der Waals surface area contributed by atoms with Crippen LogP contribution in [0.15, 0.2) is 97.1 Å². The quantitative estimate of drug-likeness (QED) is 0.186. The van der Waals surface area contributed by atoms with Gasteiger partial charge in [0.05, 0.1) is 0 Å². The lowest BCUT2D eigenvalue weighted by Crippen LogP contribution is -2.19. The monoisotopic (exact) mass is 536 g/mol. The van der Waals surface area contributed by atoms with E-state index in [1.54, 1.807) is 0 Å². The summed E-state index contributed by atoms with van der Waals surface area (Å²) in [7, 11) is 0. The van der Waals surface area contributed by atoms with E-state index in [9.17, 15) is 0 Å².